The number of aromatic nitrogens is 2. The van der Waals surface area contributed by atoms with Crippen molar-refractivity contribution in [2.75, 3.05) is 6.54 Å². The Labute approximate surface area is 126 Å². The molecule has 0 aromatic carbocycles. The first-order chi connectivity index (χ1) is 10.2. The third-order valence-corrected chi connectivity index (χ3v) is 4.06. The fourth-order valence-electron chi connectivity index (χ4n) is 2.07. The van der Waals surface area contributed by atoms with Crippen LogP contribution in [0.25, 0.3) is 11.5 Å². The Morgan fingerprint density at radius 2 is 2.33 bits per heavy atom. The predicted molar refractivity (Wildman–Crippen MR) is 81.3 cm³/mol. The summed E-state index contributed by atoms with van der Waals surface area (Å²) in [6, 6.07) is 9.43. The van der Waals surface area contributed by atoms with E-state index in [1.54, 1.807) is 41.5 Å². The Morgan fingerprint density at radius 1 is 1.43 bits per heavy atom. The van der Waals surface area contributed by atoms with E-state index in [0.29, 0.717) is 23.7 Å². The van der Waals surface area contributed by atoms with Crippen molar-refractivity contribution >= 4 is 17.2 Å². The minimum absolute atomic E-state index is 0.126. The standard InChI is InChI=1S/C15H15N3O2S/c1-18-13(10-12(17-18)14-5-2-8-20-14)15(19)16-7-6-11-4-3-9-21-11/h2-5,8-10H,6-7H2,1H3,(H,16,19). The summed E-state index contributed by atoms with van der Waals surface area (Å²) in [5, 5.41) is 9.24. The van der Waals surface area contributed by atoms with Crippen LogP contribution in [0.2, 0.25) is 0 Å². The summed E-state index contributed by atoms with van der Waals surface area (Å²) in [6.45, 7) is 0.612. The maximum atomic E-state index is 12.2. The summed E-state index contributed by atoms with van der Waals surface area (Å²) in [6.07, 6.45) is 2.43. The van der Waals surface area contributed by atoms with E-state index in [-0.39, 0.29) is 5.91 Å². The second-order valence-corrected chi connectivity index (χ2v) is 5.63. The second-order valence-electron chi connectivity index (χ2n) is 4.60. The number of furan rings is 1. The van der Waals surface area contributed by atoms with Gasteiger partial charge in [-0.05, 0) is 30.0 Å². The molecule has 0 aliphatic rings. The lowest BCUT2D eigenvalue weighted by molar-refractivity contribution is 0.0945. The summed E-state index contributed by atoms with van der Waals surface area (Å²) >= 11 is 1.69. The van der Waals surface area contributed by atoms with E-state index in [4.69, 9.17) is 4.42 Å². The fraction of sp³-hybridized carbons (Fsp3) is 0.200. The molecular formula is C15H15N3O2S. The van der Waals surface area contributed by atoms with Gasteiger partial charge >= 0.3 is 0 Å². The van der Waals surface area contributed by atoms with Gasteiger partial charge in [-0.3, -0.25) is 9.48 Å². The van der Waals surface area contributed by atoms with Gasteiger partial charge < -0.3 is 9.73 Å². The topological polar surface area (TPSA) is 60.1 Å². The number of carbonyl (C=O) groups excluding carboxylic acids is 1. The Morgan fingerprint density at radius 3 is 3.05 bits per heavy atom. The molecule has 108 valence electrons. The van der Waals surface area contributed by atoms with Crippen LogP contribution in [-0.4, -0.2) is 22.2 Å². The van der Waals surface area contributed by atoms with Crippen LogP contribution in [-0.2, 0) is 13.5 Å². The quantitative estimate of drug-likeness (QED) is 0.788. The lowest BCUT2D eigenvalue weighted by atomic mass is 10.3. The minimum Gasteiger partial charge on any atom is -0.463 e. The van der Waals surface area contributed by atoms with Crippen LogP contribution in [0.4, 0.5) is 0 Å². The summed E-state index contributed by atoms with van der Waals surface area (Å²) in [4.78, 5) is 13.4. The van der Waals surface area contributed by atoms with Gasteiger partial charge in [0.2, 0.25) is 0 Å². The molecule has 0 atom stereocenters. The Bertz CT molecular complexity index is 714. The van der Waals surface area contributed by atoms with Crippen molar-refractivity contribution in [1.29, 1.82) is 0 Å². The lowest BCUT2D eigenvalue weighted by Crippen LogP contribution is -2.27. The first kappa shape index (κ1) is 13.6. The van der Waals surface area contributed by atoms with Crippen LogP contribution >= 0.6 is 11.3 Å². The molecule has 5 nitrogen and oxygen atoms in total. The van der Waals surface area contributed by atoms with Crippen molar-refractivity contribution in [1.82, 2.24) is 15.1 Å². The molecule has 3 aromatic rings. The molecule has 0 spiro atoms. The molecule has 1 amide bonds. The van der Waals surface area contributed by atoms with Gasteiger partial charge in [-0.25, -0.2) is 0 Å². The molecule has 3 aromatic heterocycles. The predicted octanol–water partition coefficient (Wildman–Crippen LogP) is 2.71. The van der Waals surface area contributed by atoms with Crippen LogP contribution in [0.1, 0.15) is 15.4 Å². The minimum atomic E-state index is -0.126. The number of nitrogens with zero attached hydrogens (tertiary/aromatic N) is 2. The second kappa shape index (κ2) is 5.97. The molecular weight excluding hydrogens is 286 g/mol. The number of aryl methyl sites for hydroxylation is 1. The summed E-state index contributed by atoms with van der Waals surface area (Å²) < 4.78 is 6.86. The van der Waals surface area contributed by atoms with E-state index in [1.165, 1.54) is 4.88 Å². The molecule has 6 heteroatoms. The van der Waals surface area contributed by atoms with Crippen molar-refractivity contribution < 1.29 is 9.21 Å². The van der Waals surface area contributed by atoms with Crippen molar-refractivity contribution in [3.05, 3.63) is 52.5 Å². The summed E-state index contributed by atoms with van der Waals surface area (Å²) in [7, 11) is 1.75. The van der Waals surface area contributed by atoms with E-state index in [9.17, 15) is 4.79 Å². The van der Waals surface area contributed by atoms with E-state index in [0.717, 1.165) is 6.42 Å². The molecule has 0 bridgehead atoms. The zero-order valence-corrected chi connectivity index (χ0v) is 12.4. The molecule has 0 aliphatic carbocycles. The number of rotatable bonds is 5. The fourth-order valence-corrected chi connectivity index (χ4v) is 2.78. The van der Waals surface area contributed by atoms with Gasteiger partial charge in [-0.2, -0.15) is 5.10 Å². The molecule has 0 unspecified atom stereocenters. The highest BCUT2D eigenvalue weighted by Gasteiger charge is 2.15. The van der Waals surface area contributed by atoms with Crippen molar-refractivity contribution in [2.24, 2.45) is 7.05 Å². The van der Waals surface area contributed by atoms with Gasteiger partial charge in [0, 0.05) is 24.5 Å². The normalized spacial score (nSPS) is 10.7. The zero-order chi connectivity index (χ0) is 14.7. The molecule has 0 saturated carbocycles. The third kappa shape index (κ3) is 3.05. The maximum Gasteiger partial charge on any atom is 0.269 e. The number of carbonyl (C=O) groups is 1. The average Bonchev–Trinajstić information content (AvgIpc) is 3.19. The lowest BCUT2D eigenvalue weighted by Gasteiger charge is -2.03. The zero-order valence-electron chi connectivity index (χ0n) is 11.6. The summed E-state index contributed by atoms with van der Waals surface area (Å²) in [5.74, 6) is 0.530. The first-order valence-corrected chi connectivity index (χ1v) is 7.50. The summed E-state index contributed by atoms with van der Waals surface area (Å²) in [5.41, 5.74) is 1.18. The SMILES string of the molecule is Cn1nc(-c2ccco2)cc1C(=O)NCCc1cccs1. The Kier molecular flexibility index (Phi) is 3.87. The Balaban J connectivity index is 1.64. The van der Waals surface area contributed by atoms with E-state index < -0.39 is 0 Å². The van der Waals surface area contributed by atoms with Crippen molar-refractivity contribution in [2.45, 2.75) is 6.42 Å². The highest BCUT2D eigenvalue weighted by Crippen LogP contribution is 2.19. The molecule has 0 aliphatic heterocycles. The van der Waals surface area contributed by atoms with Gasteiger partial charge in [-0.1, -0.05) is 6.07 Å². The van der Waals surface area contributed by atoms with Gasteiger partial charge in [-0.15, -0.1) is 11.3 Å². The van der Waals surface area contributed by atoms with Crippen LogP contribution in [0.3, 0.4) is 0 Å². The smallest absolute Gasteiger partial charge is 0.269 e. The van der Waals surface area contributed by atoms with Crippen molar-refractivity contribution in [3.63, 3.8) is 0 Å². The maximum absolute atomic E-state index is 12.2. The van der Waals surface area contributed by atoms with Crippen LogP contribution in [0.5, 0.6) is 0 Å². The van der Waals surface area contributed by atoms with E-state index >= 15 is 0 Å². The van der Waals surface area contributed by atoms with Crippen LogP contribution < -0.4 is 5.32 Å². The molecule has 0 saturated heterocycles. The van der Waals surface area contributed by atoms with Gasteiger partial charge in [0.15, 0.2) is 5.76 Å². The molecule has 21 heavy (non-hydrogen) atoms. The number of amides is 1. The molecule has 0 radical (unpaired) electrons. The molecule has 0 fully saturated rings. The third-order valence-electron chi connectivity index (χ3n) is 3.12. The monoisotopic (exact) mass is 301 g/mol. The van der Waals surface area contributed by atoms with E-state index in [2.05, 4.69) is 16.5 Å². The van der Waals surface area contributed by atoms with Gasteiger partial charge in [0.25, 0.3) is 5.91 Å². The van der Waals surface area contributed by atoms with Crippen molar-refractivity contribution in [3.8, 4) is 11.5 Å². The molecule has 3 heterocycles. The van der Waals surface area contributed by atoms with Gasteiger partial charge in [0.05, 0.1) is 6.26 Å². The largest absolute Gasteiger partial charge is 0.463 e. The number of thiophene rings is 1. The number of nitrogens with one attached hydrogen (secondary N) is 1. The first-order valence-electron chi connectivity index (χ1n) is 6.62. The molecule has 1 N–H and O–H groups in total. The molecule has 3 rings (SSSR count). The van der Waals surface area contributed by atoms with Crippen LogP contribution in [0, 0.1) is 0 Å². The number of hydrogen-bond acceptors (Lipinski definition) is 4. The average molecular weight is 301 g/mol. The highest BCUT2D eigenvalue weighted by molar-refractivity contribution is 7.09. The highest BCUT2D eigenvalue weighted by atomic mass is 32.1. The number of hydrogen-bond donors (Lipinski definition) is 1. The van der Waals surface area contributed by atoms with Crippen LogP contribution in [0.15, 0.2) is 46.4 Å². The van der Waals surface area contributed by atoms with E-state index in [1.807, 2.05) is 17.5 Å². The van der Waals surface area contributed by atoms with Gasteiger partial charge in [0.1, 0.15) is 11.4 Å². The Hall–Kier alpha value is -2.34.